The van der Waals surface area contributed by atoms with Gasteiger partial charge in [0.15, 0.2) is 0 Å². The molecule has 0 bridgehead atoms. The van der Waals surface area contributed by atoms with E-state index in [4.69, 9.17) is 4.74 Å². The van der Waals surface area contributed by atoms with Gasteiger partial charge < -0.3 is 20.3 Å². The zero-order valence-electron chi connectivity index (χ0n) is 19.4. The Morgan fingerprint density at radius 1 is 1.06 bits per heavy atom. The Balaban J connectivity index is 1.31. The van der Waals surface area contributed by atoms with Gasteiger partial charge in [-0.1, -0.05) is 52.2 Å². The molecule has 2 fully saturated rings. The maximum Gasteiger partial charge on any atom is 0.315 e. The third-order valence-electron chi connectivity index (χ3n) is 6.45. The van der Waals surface area contributed by atoms with E-state index >= 15 is 0 Å². The van der Waals surface area contributed by atoms with Crippen LogP contribution < -0.4 is 15.4 Å². The number of amides is 3. The predicted molar refractivity (Wildman–Crippen MR) is 123 cm³/mol. The molecule has 0 aromatic heterocycles. The molecule has 0 spiro atoms. The molecule has 0 radical (unpaired) electrons. The van der Waals surface area contributed by atoms with Gasteiger partial charge in [0.2, 0.25) is 5.91 Å². The SMILES string of the molecule is CC(C)(C)c1cccc(OCCNC(=O)NC2CCN(C(=O)C3CCCCC3)CC2)c1. The number of carbonyl (C=O) groups is 2. The Bertz CT molecular complexity index is 730. The molecular formula is C25H39N3O3. The lowest BCUT2D eigenvalue weighted by atomic mass is 9.87. The minimum Gasteiger partial charge on any atom is -0.492 e. The number of hydrogen-bond acceptors (Lipinski definition) is 3. The lowest BCUT2D eigenvalue weighted by Gasteiger charge is -2.35. The average molecular weight is 430 g/mol. The molecule has 0 unspecified atom stereocenters. The molecule has 1 aromatic rings. The summed E-state index contributed by atoms with van der Waals surface area (Å²) in [6, 6.07) is 8.07. The van der Waals surface area contributed by atoms with Crippen molar-refractivity contribution in [2.24, 2.45) is 5.92 Å². The molecule has 2 aliphatic rings. The van der Waals surface area contributed by atoms with E-state index in [-0.39, 0.29) is 23.4 Å². The second kappa shape index (κ2) is 10.9. The number of piperidine rings is 1. The van der Waals surface area contributed by atoms with E-state index in [2.05, 4.69) is 43.5 Å². The molecule has 6 heteroatoms. The van der Waals surface area contributed by atoms with E-state index in [0.29, 0.717) is 19.1 Å². The number of likely N-dealkylation sites (tertiary alicyclic amines) is 1. The van der Waals surface area contributed by atoms with Crippen molar-refractivity contribution in [1.82, 2.24) is 15.5 Å². The van der Waals surface area contributed by atoms with E-state index in [1.54, 1.807) is 0 Å². The molecule has 2 N–H and O–H groups in total. The van der Waals surface area contributed by atoms with E-state index in [9.17, 15) is 9.59 Å². The number of rotatable bonds is 6. The quantitative estimate of drug-likeness (QED) is 0.665. The van der Waals surface area contributed by atoms with Crippen molar-refractivity contribution >= 4 is 11.9 Å². The molecule has 1 saturated heterocycles. The minimum absolute atomic E-state index is 0.0775. The van der Waals surface area contributed by atoms with Gasteiger partial charge in [0.25, 0.3) is 0 Å². The Kier molecular flexibility index (Phi) is 8.22. The number of ether oxygens (including phenoxy) is 1. The van der Waals surface area contributed by atoms with Gasteiger partial charge in [-0.2, -0.15) is 0 Å². The predicted octanol–water partition coefficient (Wildman–Crippen LogP) is 4.23. The summed E-state index contributed by atoms with van der Waals surface area (Å²) in [6.45, 7) is 8.89. The summed E-state index contributed by atoms with van der Waals surface area (Å²) in [4.78, 5) is 26.9. The van der Waals surface area contributed by atoms with Crippen LogP contribution >= 0.6 is 0 Å². The molecule has 1 saturated carbocycles. The molecule has 0 atom stereocenters. The van der Waals surface area contributed by atoms with Gasteiger partial charge in [-0.05, 0) is 48.8 Å². The van der Waals surface area contributed by atoms with Crippen molar-refractivity contribution in [3.63, 3.8) is 0 Å². The number of nitrogens with zero attached hydrogens (tertiary/aromatic N) is 1. The highest BCUT2D eigenvalue weighted by Crippen LogP contribution is 2.27. The zero-order valence-corrected chi connectivity index (χ0v) is 19.4. The third kappa shape index (κ3) is 7.15. The van der Waals surface area contributed by atoms with Gasteiger partial charge in [-0.3, -0.25) is 4.79 Å². The van der Waals surface area contributed by atoms with Crippen molar-refractivity contribution in [3.05, 3.63) is 29.8 Å². The van der Waals surface area contributed by atoms with Crippen LogP contribution in [0, 0.1) is 5.92 Å². The van der Waals surface area contributed by atoms with Crippen molar-refractivity contribution in [2.75, 3.05) is 26.2 Å². The standard InChI is InChI=1S/C25H39N3O3/c1-25(2,3)20-10-7-11-22(18-20)31-17-14-26-24(30)27-21-12-15-28(16-13-21)23(29)19-8-5-4-6-9-19/h7,10-11,18-19,21H,4-6,8-9,12-17H2,1-3H3,(H2,26,27,30). The highest BCUT2D eigenvalue weighted by molar-refractivity contribution is 5.79. The highest BCUT2D eigenvalue weighted by atomic mass is 16.5. The van der Waals surface area contributed by atoms with E-state index in [1.165, 1.54) is 24.8 Å². The molecule has 6 nitrogen and oxygen atoms in total. The summed E-state index contributed by atoms with van der Waals surface area (Å²) in [7, 11) is 0. The maximum atomic E-state index is 12.7. The van der Waals surface area contributed by atoms with Crippen LogP contribution in [0.15, 0.2) is 24.3 Å². The van der Waals surface area contributed by atoms with Crippen molar-refractivity contribution in [2.45, 2.75) is 77.2 Å². The van der Waals surface area contributed by atoms with Crippen molar-refractivity contribution in [3.8, 4) is 5.75 Å². The Morgan fingerprint density at radius 2 is 1.77 bits per heavy atom. The largest absolute Gasteiger partial charge is 0.492 e. The lowest BCUT2D eigenvalue weighted by molar-refractivity contribution is -0.137. The van der Waals surface area contributed by atoms with Crippen LogP contribution in [-0.4, -0.2) is 49.1 Å². The fourth-order valence-electron chi connectivity index (χ4n) is 4.47. The molecule has 3 amide bonds. The number of nitrogens with one attached hydrogen (secondary N) is 2. The highest BCUT2D eigenvalue weighted by Gasteiger charge is 2.29. The van der Waals surface area contributed by atoms with Crippen LogP contribution in [0.2, 0.25) is 0 Å². The number of hydrogen-bond donors (Lipinski definition) is 2. The fourth-order valence-corrected chi connectivity index (χ4v) is 4.47. The van der Waals surface area contributed by atoms with Crippen LogP contribution in [0.1, 0.15) is 71.3 Å². The van der Waals surface area contributed by atoms with E-state index < -0.39 is 0 Å². The normalized spacial score (nSPS) is 18.5. The summed E-state index contributed by atoms with van der Waals surface area (Å²) in [6.07, 6.45) is 7.35. The Morgan fingerprint density at radius 3 is 2.45 bits per heavy atom. The zero-order chi connectivity index (χ0) is 22.3. The van der Waals surface area contributed by atoms with Crippen LogP contribution in [-0.2, 0) is 10.2 Å². The molecular weight excluding hydrogens is 390 g/mol. The van der Waals surface area contributed by atoms with Crippen molar-refractivity contribution < 1.29 is 14.3 Å². The van der Waals surface area contributed by atoms with Gasteiger partial charge in [-0.15, -0.1) is 0 Å². The lowest BCUT2D eigenvalue weighted by Crippen LogP contribution is -2.50. The summed E-state index contributed by atoms with van der Waals surface area (Å²) < 4.78 is 5.79. The molecule has 1 aliphatic carbocycles. The Labute approximate surface area is 187 Å². The van der Waals surface area contributed by atoms with Gasteiger partial charge in [0.1, 0.15) is 12.4 Å². The van der Waals surface area contributed by atoms with E-state index in [1.807, 2.05) is 17.0 Å². The molecule has 172 valence electrons. The third-order valence-corrected chi connectivity index (χ3v) is 6.45. The summed E-state index contributed by atoms with van der Waals surface area (Å²) in [5.41, 5.74) is 1.30. The summed E-state index contributed by atoms with van der Waals surface area (Å²) in [5.74, 6) is 1.38. The fraction of sp³-hybridized carbons (Fsp3) is 0.680. The van der Waals surface area contributed by atoms with Crippen LogP contribution in [0.4, 0.5) is 4.79 Å². The van der Waals surface area contributed by atoms with Crippen LogP contribution in [0.3, 0.4) is 0 Å². The molecule has 1 aliphatic heterocycles. The van der Waals surface area contributed by atoms with Gasteiger partial charge in [0, 0.05) is 25.0 Å². The van der Waals surface area contributed by atoms with E-state index in [0.717, 1.165) is 44.5 Å². The number of benzene rings is 1. The molecule has 1 aromatic carbocycles. The first-order chi connectivity index (χ1) is 14.8. The molecule has 1 heterocycles. The monoisotopic (exact) mass is 429 g/mol. The summed E-state index contributed by atoms with van der Waals surface area (Å²) >= 11 is 0. The number of carbonyl (C=O) groups excluding carboxylic acids is 2. The first-order valence-corrected chi connectivity index (χ1v) is 11.9. The maximum absolute atomic E-state index is 12.7. The molecule has 3 rings (SSSR count). The topological polar surface area (TPSA) is 70.7 Å². The Hall–Kier alpha value is -2.24. The molecule has 31 heavy (non-hydrogen) atoms. The van der Waals surface area contributed by atoms with Crippen LogP contribution in [0.5, 0.6) is 5.75 Å². The minimum atomic E-state index is -0.163. The average Bonchev–Trinajstić information content (AvgIpc) is 2.77. The smallest absolute Gasteiger partial charge is 0.315 e. The van der Waals surface area contributed by atoms with Crippen LogP contribution in [0.25, 0.3) is 0 Å². The van der Waals surface area contributed by atoms with Gasteiger partial charge >= 0.3 is 6.03 Å². The number of urea groups is 1. The second-order valence-corrected chi connectivity index (χ2v) is 9.96. The first kappa shape index (κ1) is 23.4. The first-order valence-electron chi connectivity index (χ1n) is 11.9. The second-order valence-electron chi connectivity index (χ2n) is 9.96. The van der Waals surface area contributed by atoms with Gasteiger partial charge in [0.05, 0.1) is 6.54 Å². The van der Waals surface area contributed by atoms with Gasteiger partial charge in [-0.25, -0.2) is 4.79 Å². The van der Waals surface area contributed by atoms with Crippen molar-refractivity contribution in [1.29, 1.82) is 0 Å². The summed E-state index contributed by atoms with van der Waals surface area (Å²) in [5, 5.41) is 5.92.